The van der Waals surface area contributed by atoms with Crippen molar-refractivity contribution in [2.45, 2.75) is 79.8 Å². The van der Waals surface area contributed by atoms with E-state index >= 15 is 0 Å². The molecular weight excluding hydrogens is 224 g/mol. The lowest BCUT2D eigenvalue weighted by atomic mass is 9.62. The summed E-state index contributed by atoms with van der Waals surface area (Å²) in [7, 11) is 0. The van der Waals surface area contributed by atoms with Crippen molar-refractivity contribution in [3.8, 4) is 0 Å². The van der Waals surface area contributed by atoms with Crippen molar-refractivity contribution in [2.75, 3.05) is 0 Å². The largest absolute Gasteiger partial charge is 0.462 e. The van der Waals surface area contributed by atoms with Crippen molar-refractivity contribution in [1.29, 1.82) is 0 Å². The zero-order valence-electron chi connectivity index (χ0n) is 13.0. The van der Waals surface area contributed by atoms with Gasteiger partial charge in [-0.2, -0.15) is 0 Å². The normalized spacial score (nSPS) is 21.7. The molecule has 2 nitrogen and oxygen atoms in total. The van der Waals surface area contributed by atoms with Gasteiger partial charge in [-0.15, -0.1) is 0 Å². The van der Waals surface area contributed by atoms with E-state index in [1.165, 1.54) is 19.3 Å². The summed E-state index contributed by atoms with van der Waals surface area (Å²) < 4.78 is 5.81. The third-order valence-electron chi connectivity index (χ3n) is 4.96. The van der Waals surface area contributed by atoms with Crippen LogP contribution >= 0.6 is 0 Å². The molecule has 0 N–H and O–H groups in total. The van der Waals surface area contributed by atoms with Gasteiger partial charge in [0.2, 0.25) is 0 Å². The fourth-order valence-electron chi connectivity index (χ4n) is 2.86. The molecule has 1 atom stereocenters. The highest BCUT2D eigenvalue weighted by Gasteiger charge is 2.48. The molecule has 0 saturated heterocycles. The molecule has 1 aliphatic rings. The average Bonchev–Trinajstić information content (AvgIpc) is 2.27. The molecule has 0 aliphatic heterocycles. The number of rotatable bonds is 3. The minimum atomic E-state index is -0.412. The first-order chi connectivity index (χ1) is 8.19. The lowest BCUT2D eigenvalue weighted by molar-refractivity contribution is -0.173. The Labute approximate surface area is 112 Å². The van der Waals surface area contributed by atoms with Crippen LogP contribution in [0.2, 0.25) is 0 Å². The Hall–Kier alpha value is -0.530. The van der Waals surface area contributed by atoms with Crippen LogP contribution in [-0.4, -0.2) is 12.1 Å². The van der Waals surface area contributed by atoms with E-state index in [-0.39, 0.29) is 23.4 Å². The first-order valence-corrected chi connectivity index (χ1v) is 7.40. The van der Waals surface area contributed by atoms with Crippen LogP contribution in [-0.2, 0) is 9.53 Å². The Morgan fingerprint density at radius 3 is 1.94 bits per heavy atom. The number of hydrogen-bond acceptors (Lipinski definition) is 2. The van der Waals surface area contributed by atoms with Gasteiger partial charge in [0.1, 0.15) is 6.10 Å². The second-order valence-corrected chi connectivity index (χ2v) is 7.27. The lowest BCUT2D eigenvalue weighted by Gasteiger charge is -2.43. The number of ether oxygens (including phenoxy) is 1. The number of hydrogen-bond donors (Lipinski definition) is 0. The quantitative estimate of drug-likeness (QED) is 0.690. The van der Waals surface area contributed by atoms with E-state index in [0.29, 0.717) is 0 Å². The van der Waals surface area contributed by atoms with E-state index in [1.54, 1.807) is 0 Å². The highest BCUT2D eigenvalue weighted by atomic mass is 16.5. The molecule has 1 rings (SSSR count). The maximum atomic E-state index is 12.6. The third kappa shape index (κ3) is 3.07. The van der Waals surface area contributed by atoms with Gasteiger partial charge < -0.3 is 4.74 Å². The molecule has 0 radical (unpaired) electrons. The maximum absolute atomic E-state index is 12.6. The lowest BCUT2D eigenvalue weighted by Crippen LogP contribution is -2.47. The Morgan fingerprint density at radius 2 is 1.56 bits per heavy atom. The van der Waals surface area contributed by atoms with Crippen LogP contribution in [0.5, 0.6) is 0 Å². The second-order valence-electron chi connectivity index (χ2n) is 7.27. The molecular formula is C16H30O2. The van der Waals surface area contributed by atoms with Gasteiger partial charge in [-0.3, -0.25) is 4.79 Å². The third-order valence-corrected chi connectivity index (χ3v) is 4.96. The first-order valence-electron chi connectivity index (χ1n) is 7.40. The first kappa shape index (κ1) is 15.5. The van der Waals surface area contributed by atoms with Crippen molar-refractivity contribution in [3.05, 3.63) is 0 Å². The van der Waals surface area contributed by atoms with Crippen molar-refractivity contribution in [3.63, 3.8) is 0 Å². The van der Waals surface area contributed by atoms with Gasteiger partial charge in [-0.1, -0.05) is 41.0 Å². The van der Waals surface area contributed by atoms with Crippen molar-refractivity contribution < 1.29 is 9.53 Å². The molecule has 1 saturated carbocycles. The summed E-state index contributed by atoms with van der Waals surface area (Å²) in [5.74, 6) is 0.283. The maximum Gasteiger partial charge on any atom is 0.312 e. The predicted octanol–water partition coefficient (Wildman–Crippen LogP) is 4.57. The van der Waals surface area contributed by atoms with Crippen LogP contribution in [0.15, 0.2) is 0 Å². The van der Waals surface area contributed by atoms with Gasteiger partial charge >= 0.3 is 5.97 Å². The monoisotopic (exact) mass is 254 g/mol. The molecule has 0 aromatic heterocycles. The number of esters is 1. The van der Waals surface area contributed by atoms with Crippen molar-refractivity contribution in [2.24, 2.45) is 16.7 Å². The van der Waals surface area contributed by atoms with Gasteiger partial charge in [0.15, 0.2) is 0 Å². The molecule has 1 unspecified atom stereocenters. The Balaban J connectivity index is 2.77. The molecule has 0 heterocycles. The van der Waals surface area contributed by atoms with Crippen LogP contribution < -0.4 is 0 Å². The summed E-state index contributed by atoms with van der Waals surface area (Å²) in [6.07, 6.45) is 5.94. The summed E-state index contributed by atoms with van der Waals surface area (Å²) in [5, 5.41) is 0. The fourth-order valence-corrected chi connectivity index (χ4v) is 2.86. The summed E-state index contributed by atoms with van der Waals surface area (Å²) in [6, 6.07) is 0. The topological polar surface area (TPSA) is 26.3 Å². The van der Waals surface area contributed by atoms with E-state index in [1.807, 2.05) is 0 Å². The molecule has 0 bridgehead atoms. The number of carbonyl (C=O) groups is 1. The van der Waals surface area contributed by atoms with Crippen LogP contribution in [0, 0.1) is 16.7 Å². The van der Waals surface area contributed by atoms with Crippen molar-refractivity contribution >= 4 is 5.97 Å². The summed E-state index contributed by atoms with van der Waals surface area (Å²) in [5.41, 5.74) is -0.489. The minimum absolute atomic E-state index is 0.00287. The number of carbonyl (C=O) groups excluding carboxylic acids is 1. The highest BCUT2D eigenvalue weighted by molar-refractivity contribution is 5.78. The van der Waals surface area contributed by atoms with E-state index in [0.717, 1.165) is 12.8 Å². The fraction of sp³-hybridized carbons (Fsp3) is 0.938. The molecule has 0 spiro atoms. The Bertz CT molecular complexity index is 282. The minimum Gasteiger partial charge on any atom is -0.462 e. The molecule has 1 fully saturated rings. The molecule has 1 aliphatic carbocycles. The Kier molecular flexibility index (Phi) is 4.85. The molecule has 2 heteroatoms. The second kappa shape index (κ2) is 5.63. The zero-order valence-corrected chi connectivity index (χ0v) is 13.0. The predicted molar refractivity (Wildman–Crippen MR) is 75.4 cm³/mol. The SMILES string of the molecule is CC(C)C(C)(C(=O)OC1CCCCC1)C(C)(C)C. The average molecular weight is 254 g/mol. The van der Waals surface area contributed by atoms with Crippen LogP contribution in [0.3, 0.4) is 0 Å². The van der Waals surface area contributed by atoms with Crippen LogP contribution in [0.25, 0.3) is 0 Å². The van der Waals surface area contributed by atoms with E-state index in [4.69, 9.17) is 4.74 Å². The van der Waals surface area contributed by atoms with Gasteiger partial charge in [-0.25, -0.2) is 0 Å². The van der Waals surface area contributed by atoms with Gasteiger partial charge in [0.25, 0.3) is 0 Å². The smallest absolute Gasteiger partial charge is 0.312 e. The van der Waals surface area contributed by atoms with Crippen molar-refractivity contribution in [1.82, 2.24) is 0 Å². The molecule has 18 heavy (non-hydrogen) atoms. The van der Waals surface area contributed by atoms with E-state index in [2.05, 4.69) is 41.5 Å². The zero-order chi connectivity index (χ0) is 14.0. The van der Waals surface area contributed by atoms with Crippen LogP contribution in [0.1, 0.15) is 73.6 Å². The van der Waals surface area contributed by atoms with Gasteiger partial charge in [-0.05, 0) is 43.9 Å². The standard InChI is InChI=1S/C16H30O2/c1-12(2)16(6,15(3,4)5)14(17)18-13-10-8-7-9-11-13/h12-13H,7-11H2,1-6H3. The molecule has 0 aromatic carbocycles. The summed E-state index contributed by atoms with van der Waals surface area (Å²) in [6.45, 7) is 12.7. The molecule has 106 valence electrons. The summed E-state index contributed by atoms with van der Waals surface area (Å²) in [4.78, 5) is 12.6. The summed E-state index contributed by atoms with van der Waals surface area (Å²) >= 11 is 0. The van der Waals surface area contributed by atoms with E-state index < -0.39 is 5.41 Å². The Morgan fingerprint density at radius 1 is 1.06 bits per heavy atom. The van der Waals surface area contributed by atoms with Crippen LogP contribution in [0.4, 0.5) is 0 Å². The van der Waals surface area contributed by atoms with Gasteiger partial charge in [0, 0.05) is 0 Å². The molecule has 0 aromatic rings. The highest BCUT2D eigenvalue weighted by Crippen LogP contribution is 2.46. The van der Waals surface area contributed by atoms with E-state index in [9.17, 15) is 4.79 Å². The van der Waals surface area contributed by atoms with Gasteiger partial charge in [0.05, 0.1) is 5.41 Å². The molecule has 0 amide bonds.